The van der Waals surface area contributed by atoms with E-state index >= 15 is 0 Å². The zero-order chi connectivity index (χ0) is 11.3. The van der Waals surface area contributed by atoms with Crippen LogP contribution in [0.15, 0.2) is 0 Å². The lowest BCUT2D eigenvalue weighted by molar-refractivity contribution is -0.122. The third-order valence-electron chi connectivity index (χ3n) is 7.13. The monoisotopic (exact) mass is 231 g/mol. The fraction of sp³-hybridized carbons (Fsp3) is 0.933. The summed E-state index contributed by atoms with van der Waals surface area (Å²) in [5.41, 5.74) is 0. The van der Waals surface area contributed by atoms with E-state index in [-0.39, 0.29) is 0 Å². The standard InChI is InChI=1S/C15H21NO/c1-16-6-11(17)14-9-5-10(15(14)16)13-8-3-2-7(4-8)12(9)13/h7-10,12-15H,2-6H2,1H3. The molecule has 0 spiro atoms. The van der Waals surface area contributed by atoms with Gasteiger partial charge in [0.25, 0.3) is 0 Å². The van der Waals surface area contributed by atoms with E-state index in [1.807, 2.05) is 0 Å². The summed E-state index contributed by atoms with van der Waals surface area (Å²) in [5.74, 6) is 6.76. The lowest BCUT2D eigenvalue weighted by Crippen LogP contribution is -2.44. The van der Waals surface area contributed by atoms with Crippen molar-refractivity contribution in [2.45, 2.75) is 31.7 Å². The molecule has 1 aliphatic heterocycles. The molecule has 0 amide bonds. The SMILES string of the molecule is CN1CC(=O)C2C3CC(C4C5CCC(C5)C34)C21. The van der Waals surface area contributed by atoms with E-state index in [2.05, 4.69) is 11.9 Å². The van der Waals surface area contributed by atoms with Crippen molar-refractivity contribution in [3.63, 3.8) is 0 Å². The molecule has 4 bridgehead atoms. The predicted molar refractivity (Wildman–Crippen MR) is 64.3 cm³/mol. The Labute approximate surface area is 103 Å². The summed E-state index contributed by atoms with van der Waals surface area (Å²) in [7, 11) is 2.19. The van der Waals surface area contributed by atoms with E-state index in [9.17, 15) is 4.79 Å². The number of hydrogen-bond acceptors (Lipinski definition) is 2. The Bertz CT molecular complexity index is 406. The molecular weight excluding hydrogens is 210 g/mol. The summed E-state index contributed by atoms with van der Waals surface area (Å²) in [6.07, 6.45) is 5.90. The van der Waals surface area contributed by atoms with Gasteiger partial charge in [-0.25, -0.2) is 0 Å². The summed E-state index contributed by atoms with van der Waals surface area (Å²) in [6, 6.07) is 0.646. The van der Waals surface area contributed by atoms with Gasteiger partial charge in [-0.05, 0) is 68.2 Å². The first-order chi connectivity index (χ1) is 8.25. The smallest absolute Gasteiger partial charge is 0.151 e. The molecule has 0 aromatic rings. The maximum Gasteiger partial charge on any atom is 0.151 e. The summed E-state index contributed by atoms with van der Waals surface area (Å²) in [5, 5.41) is 0. The van der Waals surface area contributed by atoms with E-state index in [4.69, 9.17) is 0 Å². The van der Waals surface area contributed by atoms with Gasteiger partial charge >= 0.3 is 0 Å². The molecule has 4 aliphatic carbocycles. The summed E-state index contributed by atoms with van der Waals surface area (Å²) < 4.78 is 0. The number of carbonyl (C=O) groups is 1. The van der Waals surface area contributed by atoms with Gasteiger partial charge in [-0.1, -0.05) is 0 Å². The minimum Gasteiger partial charge on any atom is -0.298 e. The Morgan fingerprint density at radius 2 is 1.76 bits per heavy atom. The molecule has 0 aromatic carbocycles. The normalized spacial score (nSPS) is 63.5. The van der Waals surface area contributed by atoms with Crippen molar-refractivity contribution < 1.29 is 4.79 Å². The molecule has 1 heterocycles. The van der Waals surface area contributed by atoms with Crippen LogP contribution in [0.3, 0.4) is 0 Å². The van der Waals surface area contributed by atoms with Crippen LogP contribution >= 0.6 is 0 Å². The number of likely N-dealkylation sites (tertiary alicyclic amines) is 1. The average molecular weight is 231 g/mol. The van der Waals surface area contributed by atoms with Gasteiger partial charge in [0.15, 0.2) is 5.78 Å². The van der Waals surface area contributed by atoms with Crippen LogP contribution in [-0.2, 0) is 4.79 Å². The van der Waals surface area contributed by atoms with Crippen LogP contribution in [0.25, 0.3) is 0 Å². The van der Waals surface area contributed by atoms with Gasteiger partial charge in [0.2, 0.25) is 0 Å². The van der Waals surface area contributed by atoms with Crippen LogP contribution in [0.4, 0.5) is 0 Å². The topological polar surface area (TPSA) is 20.3 Å². The van der Waals surface area contributed by atoms with Gasteiger partial charge in [-0.3, -0.25) is 9.69 Å². The summed E-state index contributed by atoms with van der Waals surface area (Å²) in [6.45, 7) is 0.747. The Kier molecular flexibility index (Phi) is 1.57. The summed E-state index contributed by atoms with van der Waals surface area (Å²) >= 11 is 0. The molecule has 0 aromatic heterocycles. The number of hydrogen-bond donors (Lipinski definition) is 0. The second-order valence-electron chi connectivity index (χ2n) is 7.45. The Balaban J connectivity index is 1.59. The van der Waals surface area contributed by atoms with Crippen molar-refractivity contribution in [3.8, 4) is 0 Å². The van der Waals surface area contributed by atoms with Crippen molar-refractivity contribution in [2.75, 3.05) is 13.6 Å². The first kappa shape index (κ1) is 9.55. The van der Waals surface area contributed by atoms with Crippen LogP contribution in [0.5, 0.6) is 0 Å². The molecule has 2 heteroatoms. The number of Topliss-reactive ketones (excluding diaryl/α,β-unsaturated/α-hetero) is 1. The number of ketones is 1. The average Bonchev–Trinajstić information content (AvgIpc) is 3.03. The molecule has 8 unspecified atom stereocenters. The Morgan fingerprint density at radius 3 is 2.53 bits per heavy atom. The number of nitrogens with zero attached hydrogens (tertiary/aromatic N) is 1. The molecule has 0 N–H and O–H groups in total. The summed E-state index contributed by atoms with van der Waals surface area (Å²) in [4.78, 5) is 14.6. The van der Waals surface area contributed by atoms with Crippen molar-refractivity contribution in [1.82, 2.24) is 4.90 Å². The maximum atomic E-state index is 12.2. The largest absolute Gasteiger partial charge is 0.298 e. The predicted octanol–water partition coefficient (Wildman–Crippen LogP) is 1.80. The molecular formula is C15H21NO. The Hall–Kier alpha value is -0.370. The van der Waals surface area contributed by atoms with Gasteiger partial charge in [-0.2, -0.15) is 0 Å². The fourth-order valence-electron chi connectivity index (χ4n) is 7.04. The van der Waals surface area contributed by atoms with Crippen LogP contribution in [-0.4, -0.2) is 30.3 Å². The van der Waals surface area contributed by atoms with Crippen molar-refractivity contribution in [3.05, 3.63) is 0 Å². The molecule has 4 saturated carbocycles. The number of fused-ring (bicyclic) bond motifs is 12. The van der Waals surface area contributed by atoms with Gasteiger partial charge in [-0.15, -0.1) is 0 Å². The van der Waals surface area contributed by atoms with E-state index in [0.29, 0.717) is 17.7 Å². The van der Waals surface area contributed by atoms with Crippen LogP contribution in [0.1, 0.15) is 25.7 Å². The first-order valence-electron chi connectivity index (χ1n) is 7.48. The quantitative estimate of drug-likeness (QED) is 0.592. The zero-order valence-corrected chi connectivity index (χ0v) is 10.5. The highest BCUT2D eigenvalue weighted by molar-refractivity contribution is 5.87. The fourth-order valence-corrected chi connectivity index (χ4v) is 7.04. The molecule has 92 valence electrons. The molecule has 0 radical (unpaired) electrons. The van der Waals surface area contributed by atoms with Crippen LogP contribution in [0.2, 0.25) is 0 Å². The highest BCUT2D eigenvalue weighted by Crippen LogP contribution is 2.70. The van der Waals surface area contributed by atoms with E-state index in [1.54, 1.807) is 0 Å². The van der Waals surface area contributed by atoms with Crippen LogP contribution in [0, 0.1) is 41.4 Å². The minimum absolute atomic E-state index is 0.450. The molecule has 2 nitrogen and oxygen atoms in total. The molecule has 5 fully saturated rings. The van der Waals surface area contributed by atoms with Gasteiger partial charge in [0.05, 0.1) is 6.54 Å². The van der Waals surface area contributed by atoms with Gasteiger partial charge in [0.1, 0.15) is 0 Å². The number of likely N-dealkylation sites (N-methyl/N-ethyl adjacent to an activating group) is 1. The minimum atomic E-state index is 0.450. The molecule has 8 atom stereocenters. The maximum absolute atomic E-state index is 12.2. The van der Waals surface area contributed by atoms with E-state index < -0.39 is 0 Å². The van der Waals surface area contributed by atoms with Crippen LogP contribution < -0.4 is 0 Å². The van der Waals surface area contributed by atoms with Crippen molar-refractivity contribution >= 4 is 5.78 Å². The van der Waals surface area contributed by atoms with Gasteiger partial charge < -0.3 is 0 Å². The first-order valence-corrected chi connectivity index (χ1v) is 7.48. The molecule has 1 saturated heterocycles. The van der Waals surface area contributed by atoms with E-state index in [0.717, 1.165) is 42.1 Å². The van der Waals surface area contributed by atoms with Gasteiger partial charge in [0, 0.05) is 12.0 Å². The second kappa shape index (κ2) is 2.79. The molecule has 17 heavy (non-hydrogen) atoms. The third-order valence-corrected chi connectivity index (χ3v) is 7.13. The number of rotatable bonds is 0. The highest BCUT2D eigenvalue weighted by atomic mass is 16.1. The second-order valence-corrected chi connectivity index (χ2v) is 7.45. The third kappa shape index (κ3) is 0.905. The zero-order valence-electron chi connectivity index (χ0n) is 10.5. The highest BCUT2D eigenvalue weighted by Gasteiger charge is 2.68. The van der Waals surface area contributed by atoms with Crippen molar-refractivity contribution in [1.29, 1.82) is 0 Å². The Morgan fingerprint density at radius 1 is 1.06 bits per heavy atom. The van der Waals surface area contributed by atoms with Crippen molar-refractivity contribution in [2.24, 2.45) is 41.4 Å². The molecule has 5 rings (SSSR count). The number of carbonyl (C=O) groups excluding carboxylic acids is 1. The van der Waals surface area contributed by atoms with E-state index in [1.165, 1.54) is 25.7 Å². The lowest BCUT2D eigenvalue weighted by Gasteiger charge is -2.41. The lowest BCUT2D eigenvalue weighted by atomic mass is 9.65. The molecule has 5 aliphatic rings.